The van der Waals surface area contributed by atoms with Crippen LogP contribution in [0.25, 0.3) is 55.7 Å². The summed E-state index contributed by atoms with van der Waals surface area (Å²) in [6.07, 6.45) is 6.82. The van der Waals surface area contributed by atoms with Crippen molar-refractivity contribution >= 4 is 33.5 Å². The zero-order valence-electron chi connectivity index (χ0n) is 20.1. The summed E-state index contributed by atoms with van der Waals surface area (Å²) in [6, 6.07) is 14.1. The van der Waals surface area contributed by atoms with Crippen LogP contribution in [-0.4, -0.2) is 36.0 Å². The van der Waals surface area contributed by atoms with Crippen LogP contribution in [0.4, 0.5) is 10.1 Å². The summed E-state index contributed by atoms with van der Waals surface area (Å²) in [4.78, 5) is 28.9. The molecular weight excluding hydrogens is 469 g/mol. The molecule has 6 rings (SSSR count). The van der Waals surface area contributed by atoms with Gasteiger partial charge in [-0.25, -0.2) is 9.37 Å². The van der Waals surface area contributed by atoms with Gasteiger partial charge in [-0.05, 0) is 41.5 Å². The number of fused-ring (bicyclic) bond motifs is 2. The van der Waals surface area contributed by atoms with E-state index in [1.165, 1.54) is 12.1 Å². The van der Waals surface area contributed by atoms with Crippen LogP contribution < -0.4 is 5.32 Å². The number of pyridine rings is 2. The van der Waals surface area contributed by atoms with E-state index in [1.54, 1.807) is 36.9 Å². The normalized spacial score (nSPS) is 11.5. The highest BCUT2D eigenvalue weighted by Gasteiger charge is 2.16. The van der Waals surface area contributed by atoms with Gasteiger partial charge >= 0.3 is 0 Å². The number of rotatable bonds is 5. The van der Waals surface area contributed by atoms with Gasteiger partial charge in [0.05, 0.1) is 34.6 Å². The third-order valence-corrected chi connectivity index (χ3v) is 6.20. The summed E-state index contributed by atoms with van der Waals surface area (Å²) in [7, 11) is 0. The fourth-order valence-electron chi connectivity index (χ4n) is 4.21. The summed E-state index contributed by atoms with van der Waals surface area (Å²) >= 11 is 0. The fraction of sp³-hybridized carbons (Fsp3) is 0.107. The van der Waals surface area contributed by atoms with Crippen LogP contribution in [0.15, 0.2) is 73.3 Å². The molecule has 37 heavy (non-hydrogen) atoms. The summed E-state index contributed by atoms with van der Waals surface area (Å²) in [5.74, 6) is 0.0984. The lowest BCUT2D eigenvalue weighted by Crippen LogP contribution is -2.17. The number of aromatic nitrogens is 6. The number of nitrogens with zero attached hydrogens (tertiary/aromatic N) is 4. The van der Waals surface area contributed by atoms with Crippen molar-refractivity contribution in [3.05, 3.63) is 79.1 Å². The maximum Gasteiger partial charge on any atom is 0.226 e. The lowest BCUT2D eigenvalue weighted by Gasteiger charge is -2.09. The SMILES string of the molecule is CC(C)C(=O)Nc1cncc(-c2ccc3[nH]nc(-c4nc5c(-c6ccc(F)cc6)cncc5[nH]4)c3c2)c1. The molecule has 0 unspecified atom stereocenters. The summed E-state index contributed by atoms with van der Waals surface area (Å²) in [5.41, 5.74) is 7.04. The van der Waals surface area contributed by atoms with E-state index in [9.17, 15) is 9.18 Å². The van der Waals surface area contributed by atoms with Gasteiger partial charge in [-0.15, -0.1) is 0 Å². The van der Waals surface area contributed by atoms with Gasteiger partial charge in [0.25, 0.3) is 0 Å². The van der Waals surface area contributed by atoms with Crippen LogP contribution >= 0.6 is 0 Å². The number of aromatic amines is 2. The lowest BCUT2D eigenvalue weighted by atomic mass is 10.0. The maximum atomic E-state index is 13.4. The van der Waals surface area contributed by atoms with E-state index in [-0.39, 0.29) is 17.6 Å². The molecule has 182 valence electrons. The third-order valence-electron chi connectivity index (χ3n) is 6.20. The zero-order valence-corrected chi connectivity index (χ0v) is 20.1. The Morgan fingerprint density at radius 1 is 0.892 bits per heavy atom. The monoisotopic (exact) mass is 491 g/mol. The molecule has 0 fully saturated rings. The number of H-pyrrole nitrogens is 2. The highest BCUT2D eigenvalue weighted by Crippen LogP contribution is 2.33. The lowest BCUT2D eigenvalue weighted by molar-refractivity contribution is -0.118. The van der Waals surface area contributed by atoms with Crippen molar-refractivity contribution in [3.63, 3.8) is 0 Å². The Morgan fingerprint density at radius 3 is 2.49 bits per heavy atom. The van der Waals surface area contributed by atoms with E-state index in [0.717, 1.165) is 44.2 Å². The smallest absolute Gasteiger partial charge is 0.226 e. The van der Waals surface area contributed by atoms with Crippen LogP contribution in [0.5, 0.6) is 0 Å². The molecule has 1 amide bonds. The average Bonchev–Trinajstić information content (AvgIpc) is 3.53. The first-order valence-corrected chi connectivity index (χ1v) is 11.8. The van der Waals surface area contributed by atoms with E-state index in [0.29, 0.717) is 17.2 Å². The fourth-order valence-corrected chi connectivity index (χ4v) is 4.21. The van der Waals surface area contributed by atoms with Crippen LogP contribution in [0.3, 0.4) is 0 Å². The molecule has 8 nitrogen and oxygen atoms in total. The second kappa shape index (κ2) is 8.94. The van der Waals surface area contributed by atoms with Gasteiger partial charge < -0.3 is 10.3 Å². The van der Waals surface area contributed by atoms with Crippen molar-refractivity contribution in [2.45, 2.75) is 13.8 Å². The van der Waals surface area contributed by atoms with Gasteiger partial charge in [-0.2, -0.15) is 5.10 Å². The summed E-state index contributed by atoms with van der Waals surface area (Å²) in [6.45, 7) is 3.69. The van der Waals surface area contributed by atoms with Crippen molar-refractivity contribution in [2.75, 3.05) is 5.32 Å². The standard InChI is InChI=1S/C28H22FN7O/c1-15(2)28(37)32-20-9-18(11-30-12-20)17-5-8-23-21(10-17)26(36-35-23)27-33-24-14-31-13-22(25(24)34-27)16-3-6-19(29)7-4-16/h3-15H,1-2H3,(H,32,37)(H,33,34)(H,35,36). The molecule has 3 N–H and O–H groups in total. The molecular formula is C28H22FN7O. The van der Waals surface area contributed by atoms with Crippen LogP contribution in [0.2, 0.25) is 0 Å². The molecule has 0 bridgehead atoms. The Kier molecular flexibility index (Phi) is 5.45. The average molecular weight is 492 g/mol. The topological polar surface area (TPSA) is 112 Å². The molecule has 0 spiro atoms. The van der Waals surface area contributed by atoms with Gasteiger partial charge in [-0.3, -0.25) is 19.9 Å². The Bertz CT molecular complexity index is 1770. The Hall–Kier alpha value is -4.92. The number of carbonyl (C=O) groups is 1. The second-order valence-electron chi connectivity index (χ2n) is 9.11. The molecule has 0 atom stereocenters. The number of benzene rings is 2. The third kappa shape index (κ3) is 4.20. The molecule has 4 heterocycles. The van der Waals surface area contributed by atoms with Gasteiger partial charge in [-0.1, -0.05) is 32.0 Å². The number of imidazole rings is 1. The predicted molar refractivity (Wildman–Crippen MR) is 141 cm³/mol. The van der Waals surface area contributed by atoms with Gasteiger partial charge in [0.1, 0.15) is 11.5 Å². The zero-order chi connectivity index (χ0) is 25.5. The minimum absolute atomic E-state index is 0.0640. The first kappa shape index (κ1) is 22.5. The van der Waals surface area contributed by atoms with E-state index >= 15 is 0 Å². The van der Waals surface area contributed by atoms with Crippen molar-refractivity contribution < 1.29 is 9.18 Å². The number of halogens is 1. The van der Waals surface area contributed by atoms with Crippen molar-refractivity contribution in [1.82, 2.24) is 30.1 Å². The second-order valence-corrected chi connectivity index (χ2v) is 9.11. The van der Waals surface area contributed by atoms with E-state index in [4.69, 9.17) is 4.98 Å². The molecule has 0 saturated heterocycles. The maximum absolute atomic E-state index is 13.4. The van der Waals surface area contributed by atoms with Crippen LogP contribution in [0.1, 0.15) is 13.8 Å². The van der Waals surface area contributed by atoms with E-state index in [1.807, 2.05) is 38.1 Å². The predicted octanol–water partition coefficient (Wildman–Crippen LogP) is 5.96. The quantitative estimate of drug-likeness (QED) is 0.275. The number of carbonyl (C=O) groups excluding carboxylic acids is 1. The highest BCUT2D eigenvalue weighted by molar-refractivity contribution is 5.98. The van der Waals surface area contributed by atoms with Crippen molar-refractivity contribution in [1.29, 1.82) is 0 Å². The van der Waals surface area contributed by atoms with Gasteiger partial charge in [0, 0.05) is 34.8 Å². The number of hydrogen-bond donors (Lipinski definition) is 3. The van der Waals surface area contributed by atoms with Gasteiger partial charge in [0.2, 0.25) is 5.91 Å². The Balaban J connectivity index is 1.41. The first-order valence-electron chi connectivity index (χ1n) is 11.8. The molecule has 0 aliphatic heterocycles. The molecule has 0 saturated carbocycles. The molecule has 2 aromatic carbocycles. The summed E-state index contributed by atoms with van der Waals surface area (Å²) in [5, 5.41) is 11.4. The summed E-state index contributed by atoms with van der Waals surface area (Å²) < 4.78 is 13.4. The number of nitrogens with one attached hydrogen (secondary N) is 3. The van der Waals surface area contributed by atoms with E-state index in [2.05, 4.69) is 30.5 Å². The number of hydrogen-bond acceptors (Lipinski definition) is 5. The molecule has 0 aliphatic rings. The van der Waals surface area contributed by atoms with Crippen LogP contribution in [-0.2, 0) is 4.79 Å². The Labute approximate surface area is 211 Å². The van der Waals surface area contributed by atoms with Crippen LogP contribution in [0, 0.1) is 11.7 Å². The molecule has 0 radical (unpaired) electrons. The molecule has 6 aromatic rings. The van der Waals surface area contributed by atoms with Gasteiger partial charge in [0.15, 0.2) is 5.82 Å². The van der Waals surface area contributed by atoms with Crippen molar-refractivity contribution in [2.24, 2.45) is 5.92 Å². The minimum Gasteiger partial charge on any atom is -0.335 e. The number of anilines is 1. The van der Waals surface area contributed by atoms with Crippen molar-refractivity contribution in [3.8, 4) is 33.8 Å². The highest BCUT2D eigenvalue weighted by atomic mass is 19.1. The molecule has 9 heteroatoms. The molecule has 4 aromatic heterocycles. The Morgan fingerprint density at radius 2 is 1.68 bits per heavy atom. The largest absolute Gasteiger partial charge is 0.335 e. The minimum atomic E-state index is -0.298. The first-order chi connectivity index (χ1) is 18.0. The van der Waals surface area contributed by atoms with E-state index < -0.39 is 0 Å². The number of amides is 1. The molecule has 0 aliphatic carbocycles.